The van der Waals surface area contributed by atoms with Crippen molar-refractivity contribution in [1.29, 1.82) is 0 Å². The van der Waals surface area contributed by atoms with Crippen LogP contribution in [0.3, 0.4) is 0 Å². The van der Waals surface area contributed by atoms with Gasteiger partial charge in [0.25, 0.3) is 0 Å². The molecular formula is C24H24FN3O2. The van der Waals surface area contributed by atoms with E-state index in [1.807, 2.05) is 42.5 Å². The topological polar surface area (TPSA) is 70.2 Å². The Morgan fingerprint density at radius 1 is 0.967 bits per heavy atom. The Morgan fingerprint density at radius 3 is 2.43 bits per heavy atom. The number of carbonyl (C=O) groups excluding carboxylic acids is 2. The van der Waals surface area contributed by atoms with E-state index in [0.717, 1.165) is 10.8 Å². The molecule has 5 nitrogen and oxygen atoms in total. The first-order valence-corrected chi connectivity index (χ1v) is 9.72. The molecule has 3 aromatic carbocycles. The summed E-state index contributed by atoms with van der Waals surface area (Å²) in [7, 11) is 0. The molecule has 0 fully saturated rings. The third-order valence-corrected chi connectivity index (χ3v) is 4.77. The lowest BCUT2D eigenvalue weighted by Crippen LogP contribution is -2.28. The average molecular weight is 405 g/mol. The van der Waals surface area contributed by atoms with Crippen molar-refractivity contribution in [1.82, 2.24) is 5.32 Å². The highest BCUT2D eigenvalue weighted by Crippen LogP contribution is 2.23. The molecule has 0 spiro atoms. The van der Waals surface area contributed by atoms with Crippen LogP contribution in [0.15, 0.2) is 79.0 Å². The van der Waals surface area contributed by atoms with Gasteiger partial charge in [-0.1, -0.05) is 49.9 Å². The maximum atomic E-state index is 12.9. The van der Waals surface area contributed by atoms with Gasteiger partial charge in [-0.25, -0.2) is 9.18 Å². The van der Waals surface area contributed by atoms with Crippen LogP contribution in [0.25, 0.3) is 10.8 Å². The minimum absolute atomic E-state index is 0.172. The van der Waals surface area contributed by atoms with Gasteiger partial charge in [-0.05, 0) is 48.6 Å². The molecule has 30 heavy (non-hydrogen) atoms. The molecule has 3 N–H and O–H groups in total. The van der Waals surface area contributed by atoms with E-state index in [2.05, 4.69) is 22.5 Å². The first-order valence-electron chi connectivity index (χ1n) is 9.72. The number of carbonyl (C=O) groups is 2. The van der Waals surface area contributed by atoms with Gasteiger partial charge in [0, 0.05) is 22.7 Å². The van der Waals surface area contributed by atoms with Gasteiger partial charge < -0.3 is 16.0 Å². The van der Waals surface area contributed by atoms with E-state index in [1.165, 1.54) is 24.3 Å². The van der Waals surface area contributed by atoms with Crippen LogP contribution in [0.2, 0.25) is 0 Å². The molecule has 3 rings (SSSR count). The van der Waals surface area contributed by atoms with E-state index in [-0.39, 0.29) is 23.7 Å². The van der Waals surface area contributed by atoms with Gasteiger partial charge in [0.2, 0.25) is 5.91 Å². The standard InChI is InChI=1S/C24H24FN3O2/c1-16(23(29)27-20-14-12-19(25)13-15-20)10-11-17(2)26-24(30)28-22-9-5-7-18-6-3-4-8-21(18)22/h3-9,12-16H,2,10-11H2,1H3,(H,27,29)(H2,26,28,30)/t16-/m0/s1. The highest BCUT2D eigenvalue weighted by atomic mass is 19.1. The number of urea groups is 1. The number of allylic oxidation sites excluding steroid dienone is 1. The third kappa shape index (κ3) is 5.67. The molecule has 0 aliphatic heterocycles. The van der Waals surface area contributed by atoms with Gasteiger partial charge in [0.05, 0.1) is 5.69 Å². The van der Waals surface area contributed by atoms with Gasteiger partial charge in [0.15, 0.2) is 0 Å². The molecule has 3 amide bonds. The SMILES string of the molecule is C=C(CC[C@H](C)C(=O)Nc1ccc(F)cc1)NC(=O)Nc1cccc2ccccc12. The summed E-state index contributed by atoms with van der Waals surface area (Å²) < 4.78 is 12.9. The van der Waals surface area contributed by atoms with Gasteiger partial charge in [-0.15, -0.1) is 0 Å². The Morgan fingerprint density at radius 2 is 1.67 bits per heavy atom. The zero-order valence-corrected chi connectivity index (χ0v) is 16.7. The quantitative estimate of drug-likeness (QED) is 0.474. The van der Waals surface area contributed by atoms with Crippen molar-refractivity contribution in [3.63, 3.8) is 0 Å². The molecule has 3 aromatic rings. The maximum absolute atomic E-state index is 12.9. The number of amides is 3. The lowest BCUT2D eigenvalue weighted by atomic mass is 10.0. The number of hydrogen-bond acceptors (Lipinski definition) is 2. The van der Waals surface area contributed by atoms with E-state index < -0.39 is 0 Å². The second-order valence-electron chi connectivity index (χ2n) is 7.15. The van der Waals surface area contributed by atoms with Crippen LogP contribution in [0, 0.1) is 11.7 Å². The Balaban J connectivity index is 1.47. The fourth-order valence-corrected chi connectivity index (χ4v) is 3.03. The second-order valence-corrected chi connectivity index (χ2v) is 7.15. The number of rotatable bonds is 7. The van der Waals surface area contributed by atoms with Gasteiger partial charge >= 0.3 is 6.03 Å². The molecule has 6 heteroatoms. The predicted octanol–water partition coefficient (Wildman–Crippen LogP) is 5.67. The molecule has 0 saturated heterocycles. The summed E-state index contributed by atoms with van der Waals surface area (Å²) in [5.41, 5.74) is 1.78. The first-order chi connectivity index (χ1) is 14.4. The van der Waals surface area contributed by atoms with E-state index in [1.54, 1.807) is 6.92 Å². The highest BCUT2D eigenvalue weighted by molar-refractivity contribution is 6.01. The summed E-state index contributed by atoms with van der Waals surface area (Å²) in [4.78, 5) is 24.6. The summed E-state index contributed by atoms with van der Waals surface area (Å²) >= 11 is 0. The molecule has 1 atom stereocenters. The van der Waals surface area contributed by atoms with Gasteiger partial charge in [-0.2, -0.15) is 0 Å². The van der Waals surface area contributed by atoms with Crippen LogP contribution in [0.5, 0.6) is 0 Å². The van der Waals surface area contributed by atoms with Crippen LogP contribution in [-0.2, 0) is 4.79 Å². The average Bonchev–Trinajstić information content (AvgIpc) is 2.73. The smallest absolute Gasteiger partial charge is 0.323 e. The fourth-order valence-electron chi connectivity index (χ4n) is 3.03. The van der Waals surface area contributed by atoms with Crippen LogP contribution in [0.1, 0.15) is 19.8 Å². The number of nitrogens with one attached hydrogen (secondary N) is 3. The van der Waals surface area contributed by atoms with Crippen molar-refractivity contribution < 1.29 is 14.0 Å². The summed E-state index contributed by atoms with van der Waals surface area (Å²) in [6.45, 7) is 5.67. The molecule has 0 aromatic heterocycles. The van der Waals surface area contributed by atoms with Crippen molar-refractivity contribution in [3.8, 4) is 0 Å². The van der Waals surface area contributed by atoms with Crippen molar-refractivity contribution in [3.05, 3.63) is 84.8 Å². The highest BCUT2D eigenvalue weighted by Gasteiger charge is 2.14. The monoisotopic (exact) mass is 405 g/mol. The number of hydrogen-bond donors (Lipinski definition) is 3. The molecule has 0 bridgehead atoms. The van der Waals surface area contributed by atoms with E-state index in [0.29, 0.717) is 29.9 Å². The lowest BCUT2D eigenvalue weighted by molar-refractivity contribution is -0.119. The second kappa shape index (κ2) is 9.69. The first kappa shape index (κ1) is 21.0. The van der Waals surface area contributed by atoms with Crippen LogP contribution < -0.4 is 16.0 Å². The zero-order valence-electron chi connectivity index (χ0n) is 16.7. The number of halogens is 1. The van der Waals surface area contributed by atoms with Crippen molar-refractivity contribution >= 4 is 34.1 Å². The summed E-state index contributed by atoms with van der Waals surface area (Å²) in [6.07, 6.45) is 0.974. The van der Waals surface area contributed by atoms with Crippen molar-refractivity contribution in [2.24, 2.45) is 5.92 Å². The van der Waals surface area contributed by atoms with Gasteiger partial charge in [0.1, 0.15) is 5.82 Å². The molecule has 0 radical (unpaired) electrons. The lowest BCUT2D eigenvalue weighted by Gasteiger charge is -2.14. The Labute approximate surface area is 175 Å². The Bertz CT molecular complexity index is 1060. The van der Waals surface area contributed by atoms with Crippen LogP contribution in [-0.4, -0.2) is 11.9 Å². The number of fused-ring (bicyclic) bond motifs is 1. The molecule has 0 aliphatic rings. The normalized spacial score (nSPS) is 11.5. The van der Waals surface area contributed by atoms with Crippen LogP contribution in [0.4, 0.5) is 20.6 Å². The Kier molecular flexibility index (Phi) is 6.80. The van der Waals surface area contributed by atoms with Gasteiger partial charge in [-0.3, -0.25) is 4.79 Å². The van der Waals surface area contributed by atoms with E-state index in [9.17, 15) is 14.0 Å². The summed E-state index contributed by atoms with van der Waals surface area (Å²) in [5, 5.41) is 10.3. The number of anilines is 2. The van der Waals surface area contributed by atoms with E-state index >= 15 is 0 Å². The number of benzene rings is 3. The van der Waals surface area contributed by atoms with Crippen molar-refractivity contribution in [2.75, 3.05) is 10.6 Å². The minimum atomic E-state index is -0.375. The largest absolute Gasteiger partial charge is 0.326 e. The molecule has 154 valence electrons. The maximum Gasteiger partial charge on any atom is 0.323 e. The summed E-state index contributed by atoms with van der Waals surface area (Å²) in [6, 6.07) is 18.7. The molecule has 0 saturated carbocycles. The fraction of sp³-hybridized carbons (Fsp3) is 0.167. The molecule has 0 heterocycles. The summed E-state index contributed by atoms with van der Waals surface area (Å²) in [5.74, 6) is -0.824. The van der Waals surface area contributed by atoms with Crippen molar-refractivity contribution in [2.45, 2.75) is 19.8 Å². The molecule has 0 aliphatic carbocycles. The molecule has 0 unspecified atom stereocenters. The third-order valence-electron chi connectivity index (χ3n) is 4.77. The predicted molar refractivity (Wildman–Crippen MR) is 119 cm³/mol. The molecular weight excluding hydrogens is 381 g/mol. The Hall–Kier alpha value is -3.67. The zero-order chi connectivity index (χ0) is 21.5. The van der Waals surface area contributed by atoms with Crippen LogP contribution >= 0.6 is 0 Å². The minimum Gasteiger partial charge on any atom is -0.326 e. The van der Waals surface area contributed by atoms with E-state index in [4.69, 9.17) is 0 Å².